The fourth-order valence-corrected chi connectivity index (χ4v) is 5.25. The zero-order valence-corrected chi connectivity index (χ0v) is 23.0. The lowest BCUT2D eigenvalue weighted by Gasteiger charge is -2.35. The molecule has 2 N–H and O–H groups in total. The van der Waals surface area contributed by atoms with Crippen LogP contribution in [0.5, 0.6) is 5.75 Å². The monoisotopic (exact) mass is 541 g/mol. The van der Waals surface area contributed by atoms with Crippen molar-refractivity contribution in [2.45, 2.75) is 46.6 Å². The summed E-state index contributed by atoms with van der Waals surface area (Å²) in [5, 5.41) is 12.5. The van der Waals surface area contributed by atoms with Gasteiger partial charge in [-0.25, -0.2) is 0 Å². The standard InChI is InChI=1S/C29H33Cl2N3O3/c1-4-5-12-23-24(21-10-6-8-18(2)19(21)3)27(35)25(28(36)32-23)29(37)34-15-13-33(14-16-34)17-20-9-7-11-22(30)26(20)31/h6-11H,4-5,12-17H2,1-3H3,(H2,32,35,36). The lowest BCUT2D eigenvalue weighted by atomic mass is 9.92. The van der Waals surface area contributed by atoms with Gasteiger partial charge in [0.2, 0.25) is 0 Å². The minimum Gasteiger partial charge on any atom is -0.506 e. The van der Waals surface area contributed by atoms with Gasteiger partial charge in [0.1, 0.15) is 11.3 Å². The SMILES string of the molecule is CCCCc1[nH]c(=O)c(C(=O)N2CCN(Cc3cccc(Cl)c3Cl)CC2)c(O)c1-c1cccc(C)c1C. The Morgan fingerprint density at radius 1 is 1.05 bits per heavy atom. The smallest absolute Gasteiger partial charge is 0.264 e. The predicted octanol–water partition coefficient (Wildman–Crippen LogP) is 5.97. The predicted molar refractivity (Wildman–Crippen MR) is 150 cm³/mol. The van der Waals surface area contributed by atoms with Gasteiger partial charge in [-0.3, -0.25) is 14.5 Å². The molecule has 1 aromatic heterocycles. The molecule has 2 aromatic carbocycles. The Labute approximate surface area is 227 Å². The fourth-order valence-electron chi connectivity index (χ4n) is 4.87. The summed E-state index contributed by atoms with van der Waals surface area (Å²) < 4.78 is 0. The van der Waals surface area contributed by atoms with Crippen molar-refractivity contribution in [1.29, 1.82) is 0 Å². The van der Waals surface area contributed by atoms with Crippen molar-refractivity contribution in [2.75, 3.05) is 26.2 Å². The van der Waals surface area contributed by atoms with Gasteiger partial charge in [-0.2, -0.15) is 0 Å². The van der Waals surface area contributed by atoms with Crippen LogP contribution in [-0.4, -0.2) is 52.0 Å². The number of nitrogens with zero attached hydrogens (tertiary/aromatic N) is 2. The molecule has 2 heterocycles. The van der Waals surface area contributed by atoms with Crippen LogP contribution in [0.4, 0.5) is 0 Å². The third kappa shape index (κ3) is 5.71. The van der Waals surface area contributed by atoms with Crippen LogP contribution in [0, 0.1) is 13.8 Å². The minimum atomic E-state index is -0.546. The Bertz CT molecular complexity index is 1360. The molecule has 6 nitrogen and oxygen atoms in total. The Hall–Kier alpha value is -2.80. The second-order valence-corrected chi connectivity index (χ2v) is 10.4. The number of pyridine rings is 1. The molecule has 0 radical (unpaired) electrons. The van der Waals surface area contributed by atoms with Gasteiger partial charge < -0.3 is 15.0 Å². The molecule has 1 fully saturated rings. The topological polar surface area (TPSA) is 76.6 Å². The van der Waals surface area contributed by atoms with Crippen molar-refractivity contribution in [3.63, 3.8) is 0 Å². The largest absolute Gasteiger partial charge is 0.506 e. The van der Waals surface area contributed by atoms with E-state index < -0.39 is 11.5 Å². The number of carbonyl (C=O) groups excluding carboxylic acids is 1. The molecule has 0 unspecified atom stereocenters. The van der Waals surface area contributed by atoms with Gasteiger partial charge in [-0.15, -0.1) is 0 Å². The summed E-state index contributed by atoms with van der Waals surface area (Å²) in [6, 6.07) is 11.4. The van der Waals surface area contributed by atoms with E-state index in [4.69, 9.17) is 23.2 Å². The second-order valence-electron chi connectivity index (χ2n) is 9.66. The number of halogens is 2. The van der Waals surface area contributed by atoms with E-state index in [0.29, 0.717) is 60.4 Å². The summed E-state index contributed by atoms with van der Waals surface area (Å²) in [7, 11) is 0. The van der Waals surface area contributed by atoms with Gasteiger partial charge >= 0.3 is 0 Å². The summed E-state index contributed by atoms with van der Waals surface area (Å²) >= 11 is 12.5. The van der Waals surface area contributed by atoms with Crippen molar-refractivity contribution in [3.8, 4) is 16.9 Å². The Balaban J connectivity index is 1.61. The van der Waals surface area contributed by atoms with Crippen LogP contribution >= 0.6 is 23.2 Å². The van der Waals surface area contributed by atoms with E-state index in [-0.39, 0.29) is 11.3 Å². The average molecular weight is 543 g/mol. The Kier molecular flexibility index (Phi) is 8.63. The van der Waals surface area contributed by atoms with Crippen LogP contribution in [0.3, 0.4) is 0 Å². The highest BCUT2D eigenvalue weighted by molar-refractivity contribution is 6.42. The summed E-state index contributed by atoms with van der Waals surface area (Å²) in [5.74, 6) is -0.686. The zero-order valence-electron chi connectivity index (χ0n) is 21.5. The van der Waals surface area contributed by atoms with Crippen LogP contribution in [-0.2, 0) is 13.0 Å². The fraction of sp³-hybridized carbons (Fsp3) is 0.379. The number of aromatic nitrogens is 1. The van der Waals surface area contributed by atoms with Crippen LogP contribution in [0.2, 0.25) is 10.0 Å². The number of aromatic hydroxyl groups is 1. The van der Waals surface area contributed by atoms with Crippen molar-refractivity contribution in [3.05, 3.63) is 84.7 Å². The summed E-state index contributed by atoms with van der Waals surface area (Å²) in [6.45, 7) is 8.81. The first kappa shape index (κ1) is 27.2. The van der Waals surface area contributed by atoms with Crippen LogP contribution in [0.15, 0.2) is 41.2 Å². The third-order valence-corrected chi connectivity index (χ3v) is 8.08. The van der Waals surface area contributed by atoms with Gasteiger partial charge in [0.25, 0.3) is 11.5 Å². The number of hydrogen-bond donors (Lipinski definition) is 2. The molecule has 3 aromatic rings. The maximum Gasteiger partial charge on any atom is 0.264 e. The van der Waals surface area contributed by atoms with E-state index in [1.54, 1.807) is 11.0 Å². The normalized spacial score (nSPS) is 14.2. The molecule has 0 bridgehead atoms. The molecule has 1 aliphatic rings. The highest BCUT2D eigenvalue weighted by Crippen LogP contribution is 2.37. The molecule has 8 heteroatoms. The number of piperazine rings is 1. The number of amides is 1. The van der Waals surface area contributed by atoms with Crippen LogP contribution < -0.4 is 5.56 Å². The number of unbranched alkanes of at least 4 members (excludes halogenated alkanes) is 1. The molecule has 0 spiro atoms. The van der Waals surface area contributed by atoms with Gasteiger partial charge in [0.15, 0.2) is 0 Å². The maximum atomic E-state index is 13.6. The number of aromatic amines is 1. The Morgan fingerprint density at radius 3 is 2.46 bits per heavy atom. The molecule has 196 valence electrons. The van der Waals surface area contributed by atoms with Gasteiger partial charge in [-0.1, -0.05) is 66.9 Å². The highest BCUT2D eigenvalue weighted by atomic mass is 35.5. The van der Waals surface area contributed by atoms with Crippen molar-refractivity contribution >= 4 is 29.1 Å². The maximum absolute atomic E-state index is 13.6. The number of benzene rings is 2. The van der Waals surface area contributed by atoms with Gasteiger partial charge in [0.05, 0.1) is 10.0 Å². The molecular formula is C29H33Cl2N3O3. The number of aryl methyl sites for hydroxylation is 2. The molecule has 1 amide bonds. The summed E-state index contributed by atoms with van der Waals surface area (Å²) in [4.78, 5) is 33.4. The second kappa shape index (κ2) is 11.7. The first-order chi connectivity index (χ1) is 17.7. The minimum absolute atomic E-state index is 0.192. The molecule has 4 rings (SSSR count). The molecule has 0 saturated carbocycles. The summed E-state index contributed by atoms with van der Waals surface area (Å²) in [6.07, 6.45) is 2.42. The van der Waals surface area contributed by atoms with E-state index in [1.807, 2.05) is 44.2 Å². The highest BCUT2D eigenvalue weighted by Gasteiger charge is 2.30. The van der Waals surface area contributed by atoms with E-state index in [0.717, 1.165) is 35.1 Å². The lowest BCUT2D eigenvalue weighted by molar-refractivity contribution is 0.0624. The van der Waals surface area contributed by atoms with Gasteiger partial charge in [-0.05, 0) is 55.0 Å². The third-order valence-electron chi connectivity index (χ3n) is 7.22. The first-order valence-electron chi connectivity index (χ1n) is 12.7. The van der Waals surface area contributed by atoms with E-state index in [2.05, 4.69) is 16.8 Å². The Morgan fingerprint density at radius 2 is 1.76 bits per heavy atom. The number of hydrogen-bond acceptors (Lipinski definition) is 4. The zero-order chi connectivity index (χ0) is 26.7. The quantitative estimate of drug-likeness (QED) is 0.386. The molecule has 1 aliphatic heterocycles. The molecule has 0 atom stereocenters. The molecule has 0 aliphatic carbocycles. The van der Waals surface area contributed by atoms with Gasteiger partial charge in [0, 0.05) is 44.0 Å². The van der Waals surface area contributed by atoms with Crippen molar-refractivity contribution < 1.29 is 9.90 Å². The first-order valence-corrected chi connectivity index (χ1v) is 13.5. The number of H-pyrrole nitrogens is 1. The molecule has 1 saturated heterocycles. The van der Waals surface area contributed by atoms with Crippen molar-refractivity contribution in [1.82, 2.24) is 14.8 Å². The number of nitrogens with one attached hydrogen (secondary N) is 1. The average Bonchev–Trinajstić information content (AvgIpc) is 2.88. The van der Waals surface area contributed by atoms with Crippen molar-refractivity contribution in [2.24, 2.45) is 0 Å². The number of carbonyl (C=O) groups is 1. The molecule has 37 heavy (non-hydrogen) atoms. The summed E-state index contributed by atoms with van der Waals surface area (Å²) in [5.41, 5.74) is 4.33. The molecular weight excluding hydrogens is 509 g/mol. The number of rotatable bonds is 7. The van der Waals surface area contributed by atoms with Crippen LogP contribution in [0.25, 0.3) is 11.1 Å². The van der Waals surface area contributed by atoms with E-state index >= 15 is 0 Å². The van der Waals surface area contributed by atoms with E-state index in [1.165, 1.54) is 0 Å². The lowest BCUT2D eigenvalue weighted by Crippen LogP contribution is -2.49. The van der Waals surface area contributed by atoms with E-state index in [9.17, 15) is 14.7 Å². The van der Waals surface area contributed by atoms with Crippen LogP contribution in [0.1, 0.15) is 52.5 Å².